The molecule has 0 aromatic heterocycles. The normalized spacial score (nSPS) is 29.7. The highest BCUT2D eigenvalue weighted by Gasteiger charge is 2.26. The Bertz CT molecular complexity index is 222. The average Bonchev–Trinajstić information content (AvgIpc) is 2.33. The van der Waals surface area contributed by atoms with Crippen LogP contribution in [0.15, 0.2) is 11.6 Å². The molecule has 1 aliphatic heterocycles. The zero-order chi connectivity index (χ0) is 10.5. The van der Waals surface area contributed by atoms with Crippen molar-refractivity contribution in [2.24, 2.45) is 5.84 Å². The number of hydrogen-bond donors (Lipinski definition) is 2. The largest absolute Gasteiger partial charge is 0.271 e. The minimum absolute atomic E-state index is 0.440. The van der Waals surface area contributed by atoms with Crippen molar-refractivity contribution in [3.05, 3.63) is 11.6 Å². The maximum absolute atomic E-state index is 5.73. The third-order valence-electron chi connectivity index (χ3n) is 3.49. The molecule has 2 unspecified atom stereocenters. The summed E-state index contributed by atoms with van der Waals surface area (Å²) < 4.78 is 0. The van der Waals surface area contributed by atoms with Gasteiger partial charge in [0.05, 0.1) is 6.04 Å². The number of rotatable bonds is 3. The average molecular weight is 226 g/mol. The second-order valence-electron chi connectivity index (χ2n) is 4.57. The number of thioether (sulfide) groups is 1. The molecule has 15 heavy (non-hydrogen) atoms. The molecule has 2 rings (SSSR count). The molecule has 1 saturated heterocycles. The van der Waals surface area contributed by atoms with Crippen LogP contribution in [0.1, 0.15) is 44.9 Å². The third-order valence-corrected chi connectivity index (χ3v) is 4.95. The monoisotopic (exact) mass is 226 g/mol. The maximum atomic E-state index is 5.73. The van der Waals surface area contributed by atoms with E-state index in [9.17, 15) is 0 Å². The summed E-state index contributed by atoms with van der Waals surface area (Å²) in [5.41, 5.74) is 4.62. The van der Waals surface area contributed by atoms with Crippen LogP contribution in [-0.4, -0.2) is 17.0 Å². The molecule has 0 aromatic carbocycles. The van der Waals surface area contributed by atoms with Crippen molar-refractivity contribution in [2.45, 2.75) is 56.2 Å². The van der Waals surface area contributed by atoms with E-state index in [0.29, 0.717) is 11.3 Å². The van der Waals surface area contributed by atoms with Gasteiger partial charge in [-0.3, -0.25) is 11.3 Å². The fourth-order valence-corrected chi connectivity index (χ4v) is 4.08. The maximum Gasteiger partial charge on any atom is 0.0538 e. The fraction of sp³-hybridized carbons (Fsp3) is 0.833. The number of hydrogen-bond acceptors (Lipinski definition) is 3. The first-order chi connectivity index (χ1) is 7.42. The lowest BCUT2D eigenvalue weighted by atomic mass is 9.91. The van der Waals surface area contributed by atoms with Crippen LogP contribution >= 0.6 is 11.8 Å². The Labute approximate surface area is 97.0 Å². The van der Waals surface area contributed by atoms with Gasteiger partial charge in [0.2, 0.25) is 0 Å². The molecule has 0 radical (unpaired) electrons. The molecular formula is C12H22N2S. The lowest BCUT2D eigenvalue weighted by Crippen LogP contribution is -2.45. The van der Waals surface area contributed by atoms with E-state index in [1.807, 2.05) is 0 Å². The summed E-state index contributed by atoms with van der Waals surface area (Å²) in [6.07, 6.45) is 11.7. The van der Waals surface area contributed by atoms with E-state index >= 15 is 0 Å². The summed E-state index contributed by atoms with van der Waals surface area (Å²) >= 11 is 2.11. The van der Waals surface area contributed by atoms with Crippen molar-refractivity contribution in [1.82, 2.24) is 5.43 Å². The molecule has 2 aliphatic rings. The molecule has 1 heterocycles. The minimum atomic E-state index is 0.440. The topological polar surface area (TPSA) is 38.0 Å². The zero-order valence-corrected chi connectivity index (χ0v) is 10.2. The molecular weight excluding hydrogens is 204 g/mol. The number of hydrazine groups is 1. The predicted molar refractivity (Wildman–Crippen MR) is 67.8 cm³/mol. The van der Waals surface area contributed by atoms with Gasteiger partial charge in [0.15, 0.2) is 0 Å². The molecule has 3 N–H and O–H groups in total. The van der Waals surface area contributed by atoms with Gasteiger partial charge in [-0.2, -0.15) is 11.8 Å². The molecule has 2 nitrogen and oxygen atoms in total. The van der Waals surface area contributed by atoms with E-state index in [4.69, 9.17) is 5.84 Å². The third kappa shape index (κ3) is 2.99. The zero-order valence-electron chi connectivity index (χ0n) is 9.37. The summed E-state index contributed by atoms with van der Waals surface area (Å²) in [6, 6.07) is 0.440. The smallest absolute Gasteiger partial charge is 0.0538 e. The highest BCUT2D eigenvalue weighted by Crippen LogP contribution is 2.32. The second-order valence-corrected chi connectivity index (χ2v) is 5.92. The van der Waals surface area contributed by atoms with Gasteiger partial charge in [-0.15, -0.1) is 0 Å². The molecule has 0 aromatic rings. The van der Waals surface area contributed by atoms with E-state index in [1.165, 1.54) is 50.7 Å². The fourth-order valence-electron chi connectivity index (χ4n) is 2.63. The lowest BCUT2D eigenvalue weighted by Gasteiger charge is -2.32. The lowest BCUT2D eigenvalue weighted by molar-refractivity contribution is 0.495. The molecule has 1 aliphatic carbocycles. The van der Waals surface area contributed by atoms with Crippen LogP contribution in [0.25, 0.3) is 0 Å². The first-order valence-corrected chi connectivity index (χ1v) is 7.23. The Hall–Kier alpha value is 0.01000. The molecule has 2 atom stereocenters. The molecule has 0 spiro atoms. The summed E-state index contributed by atoms with van der Waals surface area (Å²) in [5, 5.41) is 0.716. The van der Waals surface area contributed by atoms with Gasteiger partial charge < -0.3 is 0 Å². The van der Waals surface area contributed by atoms with Gasteiger partial charge >= 0.3 is 0 Å². The summed E-state index contributed by atoms with van der Waals surface area (Å²) in [5.74, 6) is 7.05. The van der Waals surface area contributed by atoms with Crippen LogP contribution in [0.4, 0.5) is 0 Å². The van der Waals surface area contributed by atoms with E-state index in [2.05, 4.69) is 23.3 Å². The van der Waals surface area contributed by atoms with E-state index < -0.39 is 0 Å². The van der Waals surface area contributed by atoms with Crippen molar-refractivity contribution in [3.63, 3.8) is 0 Å². The van der Waals surface area contributed by atoms with Crippen LogP contribution in [0, 0.1) is 0 Å². The quantitative estimate of drug-likeness (QED) is 0.441. The Morgan fingerprint density at radius 2 is 2.27 bits per heavy atom. The highest BCUT2D eigenvalue weighted by molar-refractivity contribution is 8.00. The summed E-state index contributed by atoms with van der Waals surface area (Å²) in [4.78, 5) is 0. The second kappa shape index (κ2) is 5.92. The highest BCUT2D eigenvalue weighted by atomic mass is 32.2. The summed E-state index contributed by atoms with van der Waals surface area (Å²) in [7, 11) is 0. The van der Waals surface area contributed by atoms with Gasteiger partial charge in [-0.25, -0.2) is 0 Å². The van der Waals surface area contributed by atoms with Crippen molar-refractivity contribution >= 4 is 11.8 Å². The van der Waals surface area contributed by atoms with Crippen molar-refractivity contribution in [3.8, 4) is 0 Å². The standard InChI is InChI=1S/C12H22N2S/c13-14-12(10-6-2-1-3-7-10)11-8-4-5-9-15-11/h6,11-12,14H,1-5,7-9,13H2. The molecule has 0 bridgehead atoms. The molecule has 0 amide bonds. The van der Waals surface area contributed by atoms with Gasteiger partial charge in [-0.1, -0.05) is 18.1 Å². The Balaban J connectivity index is 1.98. The van der Waals surface area contributed by atoms with Crippen LogP contribution in [-0.2, 0) is 0 Å². The molecule has 86 valence electrons. The van der Waals surface area contributed by atoms with Gasteiger partial charge in [0, 0.05) is 5.25 Å². The van der Waals surface area contributed by atoms with E-state index in [-0.39, 0.29) is 0 Å². The van der Waals surface area contributed by atoms with Crippen molar-refractivity contribution in [1.29, 1.82) is 0 Å². The Kier molecular flexibility index (Phi) is 4.54. The van der Waals surface area contributed by atoms with Gasteiger partial charge in [-0.05, 0) is 44.3 Å². The number of nitrogens with two attached hydrogens (primary N) is 1. The SMILES string of the molecule is NNC(C1=CCCCC1)C1CCCCS1. The van der Waals surface area contributed by atoms with Gasteiger partial charge in [0.25, 0.3) is 0 Å². The Morgan fingerprint density at radius 1 is 1.33 bits per heavy atom. The predicted octanol–water partition coefficient (Wildman–Crippen LogP) is 2.60. The van der Waals surface area contributed by atoms with Crippen LogP contribution < -0.4 is 11.3 Å². The van der Waals surface area contributed by atoms with Crippen LogP contribution in [0.3, 0.4) is 0 Å². The summed E-state index contributed by atoms with van der Waals surface area (Å²) in [6.45, 7) is 0. The van der Waals surface area contributed by atoms with Crippen LogP contribution in [0.2, 0.25) is 0 Å². The van der Waals surface area contributed by atoms with Crippen molar-refractivity contribution < 1.29 is 0 Å². The van der Waals surface area contributed by atoms with E-state index in [0.717, 1.165) is 0 Å². The molecule has 3 heteroatoms. The number of allylic oxidation sites excluding steroid dienone is 1. The molecule has 1 fully saturated rings. The van der Waals surface area contributed by atoms with Crippen LogP contribution in [0.5, 0.6) is 0 Å². The molecule has 0 saturated carbocycles. The first kappa shape index (κ1) is 11.5. The number of nitrogens with one attached hydrogen (secondary N) is 1. The van der Waals surface area contributed by atoms with E-state index in [1.54, 1.807) is 5.57 Å². The van der Waals surface area contributed by atoms with Crippen molar-refractivity contribution in [2.75, 3.05) is 5.75 Å². The first-order valence-electron chi connectivity index (χ1n) is 6.18. The minimum Gasteiger partial charge on any atom is -0.271 e. The Morgan fingerprint density at radius 3 is 2.87 bits per heavy atom. The van der Waals surface area contributed by atoms with Gasteiger partial charge in [0.1, 0.15) is 0 Å².